The van der Waals surface area contributed by atoms with E-state index in [0.717, 1.165) is 0 Å². The average molecular weight is 314 g/mol. The maximum Gasteiger partial charge on any atom is 0.408 e. The highest BCUT2D eigenvalue weighted by atomic mass is 32.2. The minimum atomic E-state index is -3.67. The lowest BCUT2D eigenvalue weighted by Gasteiger charge is -2.23. The van der Waals surface area contributed by atoms with E-state index in [1.165, 1.54) is 6.92 Å². The van der Waals surface area contributed by atoms with Crippen molar-refractivity contribution in [2.75, 3.05) is 6.26 Å². The van der Waals surface area contributed by atoms with E-state index in [0.29, 0.717) is 6.26 Å². The third kappa shape index (κ3) is 16.6. The molecule has 0 aromatic heterocycles. The van der Waals surface area contributed by atoms with Crippen LogP contribution in [0.3, 0.4) is 0 Å². The summed E-state index contributed by atoms with van der Waals surface area (Å²) in [5.74, 6) is -0.809. The maximum absolute atomic E-state index is 11.2. The Kier molecular flexibility index (Phi) is 8.39. The van der Waals surface area contributed by atoms with Crippen LogP contribution >= 0.6 is 0 Å². The van der Waals surface area contributed by atoms with Gasteiger partial charge in [0, 0.05) is 0 Å². The third-order valence-corrected chi connectivity index (χ3v) is 1.46. The molecule has 0 heterocycles. The van der Waals surface area contributed by atoms with Crippen LogP contribution in [0.1, 0.15) is 27.7 Å². The lowest BCUT2D eigenvalue weighted by molar-refractivity contribution is -0.122. The van der Waals surface area contributed by atoms with Gasteiger partial charge in [0.05, 0.1) is 12.4 Å². The van der Waals surface area contributed by atoms with Gasteiger partial charge in [-0.25, -0.2) is 4.79 Å². The lowest BCUT2D eigenvalue weighted by atomic mass is 10.2. The molecule has 0 saturated heterocycles. The molecule has 0 unspecified atom stereocenters. The van der Waals surface area contributed by atoms with E-state index < -0.39 is 39.9 Å². The lowest BCUT2D eigenvalue weighted by Crippen LogP contribution is -2.51. The average Bonchev–Trinajstić information content (AvgIpc) is 2.07. The first-order valence-corrected chi connectivity index (χ1v) is 7.37. The van der Waals surface area contributed by atoms with Crippen molar-refractivity contribution >= 4 is 22.1 Å². The predicted molar refractivity (Wildman–Crippen MR) is 71.5 cm³/mol. The Bertz CT molecular complexity index is 417. The van der Waals surface area contributed by atoms with Gasteiger partial charge in [-0.2, -0.15) is 8.42 Å². The van der Waals surface area contributed by atoms with Crippen molar-refractivity contribution in [1.82, 2.24) is 5.32 Å². The fourth-order valence-electron chi connectivity index (χ4n) is 0.864. The topological polar surface area (TPSA) is 156 Å². The van der Waals surface area contributed by atoms with Crippen molar-refractivity contribution in [2.45, 2.75) is 45.4 Å². The summed E-state index contributed by atoms with van der Waals surface area (Å²) in [4.78, 5) is 22.1. The number of nitrogens with one attached hydrogen (secondary N) is 1. The van der Waals surface area contributed by atoms with E-state index in [2.05, 4.69) is 5.32 Å². The number of aliphatic hydroxyl groups is 1. The highest BCUT2D eigenvalue weighted by Crippen LogP contribution is 2.07. The summed E-state index contributed by atoms with van der Waals surface area (Å²) in [6, 6.07) is -1.14. The maximum atomic E-state index is 11.2. The Morgan fingerprint density at radius 1 is 1.30 bits per heavy atom. The standard InChI is InChI=1S/C9H18N2O4.CH4O3S/c1-5(12)6(7(10)13)11-8(14)15-9(2,3)4;1-5(2,3)4/h5-6,12H,1-4H3,(H2,10,13)(H,11,14);1H3,(H,2,3,4)/t5-,6-;/m0./s1. The van der Waals surface area contributed by atoms with Gasteiger partial charge in [0.25, 0.3) is 10.1 Å². The molecule has 0 saturated carbocycles. The number of rotatable bonds is 3. The van der Waals surface area contributed by atoms with Crippen LogP contribution < -0.4 is 11.1 Å². The van der Waals surface area contributed by atoms with Gasteiger partial charge >= 0.3 is 6.09 Å². The van der Waals surface area contributed by atoms with E-state index in [-0.39, 0.29) is 0 Å². The molecule has 120 valence electrons. The monoisotopic (exact) mass is 314 g/mol. The van der Waals surface area contributed by atoms with Gasteiger partial charge in [0.15, 0.2) is 0 Å². The summed E-state index contributed by atoms with van der Waals surface area (Å²) in [6.07, 6.45) is -1.13. The second-order valence-corrected chi connectivity index (χ2v) is 6.47. The van der Waals surface area contributed by atoms with Crippen LogP contribution in [0.25, 0.3) is 0 Å². The van der Waals surface area contributed by atoms with E-state index in [1.807, 2.05) is 0 Å². The van der Waals surface area contributed by atoms with Crippen LogP contribution in [0.4, 0.5) is 4.79 Å². The number of alkyl carbamates (subject to hydrolysis) is 1. The normalized spacial score (nSPS) is 14.3. The van der Waals surface area contributed by atoms with Crippen molar-refractivity contribution in [3.05, 3.63) is 0 Å². The van der Waals surface area contributed by atoms with Crippen molar-refractivity contribution in [3.63, 3.8) is 0 Å². The minimum absolute atomic E-state index is 0.662. The second kappa shape index (κ2) is 8.02. The predicted octanol–water partition coefficient (Wildman–Crippen LogP) is -0.750. The highest BCUT2D eigenvalue weighted by molar-refractivity contribution is 7.85. The molecule has 10 heteroatoms. The molecule has 20 heavy (non-hydrogen) atoms. The van der Waals surface area contributed by atoms with Gasteiger partial charge in [-0.15, -0.1) is 0 Å². The molecule has 0 rings (SSSR count). The summed E-state index contributed by atoms with van der Waals surface area (Å²) in [6.45, 7) is 6.42. The third-order valence-electron chi connectivity index (χ3n) is 1.46. The Hall–Kier alpha value is -1.39. The van der Waals surface area contributed by atoms with Gasteiger partial charge < -0.3 is 20.9 Å². The molecular weight excluding hydrogens is 292 g/mol. The zero-order chi connectivity index (χ0) is 16.7. The van der Waals surface area contributed by atoms with Crippen molar-refractivity contribution in [2.24, 2.45) is 5.73 Å². The SMILES string of the molecule is CS(=O)(=O)O.C[C@H](O)[C@H](NC(=O)OC(C)(C)C)C(N)=O. The number of amides is 2. The Morgan fingerprint density at radius 2 is 1.65 bits per heavy atom. The summed E-state index contributed by atoms with van der Waals surface area (Å²) in [5, 5.41) is 11.3. The number of primary amides is 1. The van der Waals surface area contributed by atoms with Gasteiger partial charge in [-0.3, -0.25) is 9.35 Å². The molecule has 9 nitrogen and oxygen atoms in total. The van der Waals surface area contributed by atoms with Gasteiger partial charge in [-0.05, 0) is 27.7 Å². The van der Waals surface area contributed by atoms with E-state index in [1.54, 1.807) is 20.8 Å². The molecule has 0 aliphatic heterocycles. The molecule has 2 atom stereocenters. The highest BCUT2D eigenvalue weighted by Gasteiger charge is 2.25. The molecular formula is C10H22N2O7S. The fraction of sp³-hybridized carbons (Fsp3) is 0.800. The zero-order valence-electron chi connectivity index (χ0n) is 12.1. The van der Waals surface area contributed by atoms with Crippen LogP contribution in [0.2, 0.25) is 0 Å². The Labute approximate surface area is 118 Å². The summed E-state index contributed by atoms with van der Waals surface area (Å²) in [5.41, 5.74) is 4.32. The first-order valence-electron chi connectivity index (χ1n) is 5.53. The number of hydrogen-bond acceptors (Lipinski definition) is 6. The van der Waals surface area contributed by atoms with Crippen LogP contribution in [0.5, 0.6) is 0 Å². The van der Waals surface area contributed by atoms with Crippen LogP contribution in [0, 0.1) is 0 Å². The van der Waals surface area contributed by atoms with Crippen LogP contribution in [-0.2, 0) is 19.6 Å². The quantitative estimate of drug-likeness (QED) is 0.499. The molecule has 2 amide bonds. The largest absolute Gasteiger partial charge is 0.444 e. The van der Waals surface area contributed by atoms with E-state index in [4.69, 9.17) is 20.1 Å². The number of carbonyl (C=O) groups is 2. The van der Waals surface area contributed by atoms with Crippen molar-refractivity contribution in [1.29, 1.82) is 0 Å². The van der Waals surface area contributed by atoms with Gasteiger partial charge in [0.2, 0.25) is 5.91 Å². The fourth-order valence-corrected chi connectivity index (χ4v) is 0.864. The van der Waals surface area contributed by atoms with Crippen molar-refractivity contribution < 1.29 is 32.4 Å². The Balaban J connectivity index is 0. The van der Waals surface area contributed by atoms with Crippen molar-refractivity contribution in [3.8, 4) is 0 Å². The summed E-state index contributed by atoms with van der Waals surface area (Å²) < 4.78 is 30.8. The van der Waals surface area contributed by atoms with Crippen LogP contribution in [0.15, 0.2) is 0 Å². The smallest absolute Gasteiger partial charge is 0.408 e. The Morgan fingerprint density at radius 3 is 1.85 bits per heavy atom. The zero-order valence-corrected chi connectivity index (χ0v) is 12.9. The number of hydrogen-bond donors (Lipinski definition) is 4. The van der Waals surface area contributed by atoms with E-state index in [9.17, 15) is 18.0 Å². The first-order chi connectivity index (χ1) is 8.63. The first kappa shape index (κ1) is 20.9. The summed E-state index contributed by atoms with van der Waals surface area (Å²) in [7, 11) is -3.67. The molecule has 0 bridgehead atoms. The molecule has 0 aromatic carbocycles. The number of aliphatic hydroxyl groups excluding tert-OH is 1. The minimum Gasteiger partial charge on any atom is -0.444 e. The molecule has 0 radical (unpaired) electrons. The number of carbonyl (C=O) groups excluding carboxylic acids is 2. The second-order valence-electron chi connectivity index (χ2n) is 5.00. The molecule has 5 N–H and O–H groups in total. The van der Waals surface area contributed by atoms with Crippen LogP contribution in [-0.4, -0.2) is 54.1 Å². The van der Waals surface area contributed by atoms with E-state index >= 15 is 0 Å². The van der Waals surface area contributed by atoms with Gasteiger partial charge in [0.1, 0.15) is 11.6 Å². The number of nitrogens with two attached hydrogens (primary N) is 1. The molecule has 0 aliphatic rings. The molecule has 0 fully saturated rings. The molecule has 0 spiro atoms. The number of ether oxygens (including phenoxy) is 1. The summed E-state index contributed by atoms with van der Waals surface area (Å²) >= 11 is 0. The molecule has 0 aromatic rings. The van der Waals surface area contributed by atoms with Gasteiger partial charge in [-0.1, -0.05) is 0 Å². The molecule has 0 aliphatic carbocycles.